The van der Waals surface area contributed by atoms with Gasteiger partial charge in [0.2, 0.25) is 5.91 Å². The van der Waals surface area contributed by atoms with Crippen molar-refractivity contribution in [1.82, 2.24) is 19.4 Å². The van der Waals surface area contributed by atoms with Crippen LogP contribution in [0.5, 0.6) is 0 Å². The predicted molar refractivity (Wildman–Crippen MR) is 104 cm³/mol. The summed E-state index contributed by atoms with van der Waals surface area (Å²) >= 11 is 0. The molecule has 5 heteroatoms. The van der Waals surface area contributed by atoms with Crippen LogP contribution < -0.4 is 0 Å². The molecule has 27 heavy (non-hydrogen) atoms. The summed E-state index contributed by atoms with van der Waals surface area (Å²) in [5.74, 6) is 1.57. The van der Waals surface area contributed by atoms with Crippen molar-refractivity contribution in [3.8, 4) is 0 Å². The van der Waals surface area contributed by atoms with Gasteiger partial charge in [-0.15, -0.1) is 0 Å². The molecule has 1 fully saturated rings. The number of benzene rings is 1. The average molecular weight is 360 g/mol. The van der Waals surface area contributed by atoms with Gasteiger partial charge in [0.05, 0.1) is 6.42 Å². The second kappa shape index (κ2) is 8.16. The molecule has 1 amide bonds. The highest BCUT2D eigenvalue weighted by Crippen LogP contribution is 2.26. The molecule has 1 aromatic carbocycles. The molecule has 0 N–H and O–H groups in total. The van der Waals surface area contributed by atoms with Gasteiger partial charge in [0.15, 0.2) is 0 Å². The maximum absolute atomic E-state index is 12.8. The second-order valence-electron chi connectivity index (χ2n) is 7.11. The summed E-state index contributed by atoms with van der Waals surface area (Å²) in [7, 11) is 0. The minimum absolute atomic E-state index is 0.207. The number of aromatic nitrogens is 3. The number of carbonyl (C=O) groups excluding carboxylic acids is 1. The van der Waals surface area contributed by atoms with Gasteiger partial charge in [-0.1, -0.05) is 30.3 Å². The van der Waals surface area contributed by atoms with Gasteiger partial charge in [0, 0.05) is 50.3 Å². The summed E-state index contributed by atoms with van der Waals surface area (Å²) in [5.41, 5.74) is 2.28. The number of hydrogen-bond acceptors (Lipinski definition) is 3. The molecule has 2 aromatic heterocycles. The van der Waals surface area contributed by atoms with Gasteiger partial charge in [0.1, 0.15) is 5.82 Å². The number of rotatable bonds is 5. The molecule has 1 atom stereocenters. The fourth-order valence-electron chi connectivity index (χ4n) is 3.80. The number of nitrogens with zero attached hydrogens (tertiary/aromatic N) is 4. The molecular formula is C22H24N4O. The average Bonchev–Trinajstić information content (AvgIpc) is 3.18. The minimum Gasteiger partial charge on any atom is -0.342 e. The smallest absolute Gasteiger partial charge is 0.227 e. The molecule has 0 saturated carbocycles. The van der Waals surface area contributed by atoms with Crippen LogP contribution in [0.15, 0.2) is 67.3 Å². The van der Waals surface area contributed by atoms with E-state index in [4.69, 9.17) is 0 Å². The Morgan fingerprint density at radius 3 is 2.67 bits per heavy atom. The van der Waals surface area contributed by atoms with E-state index in [-0.39, 0.29) is 11.8 Å². The van der Waals surface area contributed by atoms with E-state index in [0.29, 0.717) is 6.42 Å². The summed E-state index contributed by atoms with van der Waals surface area (Å²) < 4.78 is 2.20. The molecule has 0 spiro atoms. The lowest BCUT2D eigenvalue weighted by atomic mass is 9.96. The quantitative estimate of drug-likeness (QED) is 0.702. The molecule has 3 aromatic rings. The summed E-state index contributed by atoms with van der Waals surface area (Å²) in [5, 5.41) is 0. The molecule has 1 aliphatic heterocycles. The van der Waals surface area contributed by atoms with E-state index in [1.807, 2.05) is 72.2 Å². The summed E-state index contributed by atoms with van der Waals surface area (Å²) in [6.07, 6.45) is 10.1. The maximum atomic E-state index is 12.8. The number of carbonyl (C=O) groups is 1. The van der Waals surface area contributed by atoms with Gasteiger partial charge in [-0.25, -0.2) is 4.98 Å². The van der Waals surface area contributed by atoms with Gasteiger partial charge in [-0.3, -0.25) is 9.78 Å². The largest absolute Gasteiger partial charge is 0.342 e. The van der Waals surface area contributed by atoms with Crippen molar-refractivity contribution in [2.24, 2.45) is 0 Å². The first-order valence-corrected chi connectivity index (χ1v) is 9.51. The first-order chi connectivity index (χ1) is 13.3. The lowest BCUT2D eigenvalue weighted by Crippen LogP contribution is -2.40. The standard InChI is InChI=1S/C22H24N4O/c27-21(15-18-5-2-1-3-6-18)25-13-4-7-20(17-25)22-24-12-14-26(22)16-19-8-10-23-11-9-19/h1-3,5-6,8-12,14,20H,4,7,13,15-17H2. The Bertz CT molecular complexity index is 876. The Morgan fingerprint density at radius 1 is 1.04 bits per heavy atom. The Labute approximate surface area is 159 Å². The highest BCUT2D eigenvalue weighted by atomic mass is 16.2. The van der Waals surface area contributed by atoms with Crippen molar-refractivity contribution in [3.63, 3.8) is 0 Å². The normalized spacial score (nSPS) is 17.0. The van der Waals surface area contributed by atoms with Crippen LogP contribution >= 0.6 is 0 Å². The first kappa shape index (κ1) is 17.5. The summed E-state index contributed by atoms with van der Waals surface area (Å²) in [6.45, 7) is 2.37. The fourth-order valence-corrected chi connectivity index (χ4v) is 3.80. The molecule has 5 nitrogen and oxygen atoms in total. The van der Waals surface area contributed by atoms with Crippen LogP contribution in [-0.2, 0) is 17.8 Å². The minimum atomic E-state index is 0.207. The lowest BCUT2D eigenvalue weighted by molar-refractivity contribution is -0.131. The van der Waals surface area contributed by atoms with Crippen LogP contribution in [0.2, 0.25) is 0 Å². The lowest BCUT2D eigenvalue weighted by Gasteiger charge is -2.33. The maximum Gasteiger partial charge on any atom is 0.227 e. The molecule has 4 rings (SSSR count). The van der Waals surface area contributed by atoms with Crippen molar-refractivity contribution in [2.45, 2.75) is 31.7 Å². The monoisotopic (exact) mass is 360 g/mol. The third-order valence-electron chi connectivity index (χ3n) is 5.19. The Kier molecular flexibility index (Phi) is 5.28. The number of piperidine rings is 1. The number of imidazole rings is 1. The molecule has 1 aliphatic rings. The van der Waals surface area contributed by atoms with E-state index in [1.165, 1.54) is 5.56 Å². The van der Waals surface area contributed by atoms with Gasteiger partial charge in [-0.2, -0.15) is 0 Å². The highest BCUT2D eigenvalue weighted by molar-refractivity contribution is 5.78. The Morgan fingerprint density at radius 2 is 1.85 bits per heavy atom. The topological polar surface area (TPSA) is 51.0 Å². The zero-order valence-electron chi connectivity index (χ0n) is 15.4. The molecule has 1 saturated heterocycles. The highest BCUT2D eigenvalue weighted by Gasteiger charge is 2.27. The Balaban J connectivity index is 1.44. The predicted octanol–water partition coefficient (Wildman–Crippen LogP) is 3.28. The van der Waals surface area contributed by atoms with Gasteiger partial charge < -0.3 is 9.47 Å². The molecule has 1 unspecified atom stereocenters. The van der Waals surface area contributed by atoms with Gasteiger partial charge in [0.25, 0.3) is 0 Å². The zero-order chi connectivity index (χ0) is 18.5. The van der Waals surface area contributed by atoms with E-state index < -0.39 is 0 Å². The third kappa shape index (κ3) is 4.25. The van der Waals surface area contributed by atoms with Crippen molar-refractivity contribution >= 4 is 5.91 Å². The van der Waals surface area contributed by atoms with Crippen molar-refractivity contribution < 1.29 is 4.79 Å². The van der Waals surface area contributed by atoms with E-state index >= 15 is 0 Å². The second-order valence-corrected chi connectivity index (χ2v) is 7.11. The number of likely N-dealkylation sites (tertiary alicyclic amines) is 1. The summed E-state index contributed by atoms with van der Waals surface area (Å²) in [6, 6.07) is 14.0. The molecule has 3 heterocycles. The Hall–Kier alpha value is -2.95. The van der Waals surface area contributed by atoms with Gasteiger partial charge >= 0.3 is 0 Å². The van der Waals surface area contributed by atoms with E-state index in [0.717, 1.165) is 43.9 Å². The van der Waals surface area contributed by atoms with Crippen LogP contribution in [0.4, 0.5) is 0 Å². The number of hydrogen-bond donors (Lipinski definition) is 0. The fraction of sp³-hybridized carbons (Fsp3) is 0.318. The van der Waals surface area contributed by atoms with Crippen LogP contribution in [0.1, 0.15) is 35.7 Å². The van der Waals surface area contributed by atoms with E-state index in [9.17, 15) is 4.79 Å². The van der Waals surface area contributed by atoms with Crippen LogP contribution in [0.3, 0.4) is 0 Å². The van der Waals surface area contributed by atoms with Crippen LogP contribution in [0.25, 0.3) is 0 Å². The summed E-state index contributed by atoms with van der Waals surface area (Å²) in [4.78, 5) is 23.5. The third-order valence-corrected chi connectivity index (χ3v) is 5.19. The SMILES string of the molecule is O=C(Cc1ccccc1)N1CCCC(c2nccn2Cc2ccncc2)C1. The molecular weight excluding hydrogens is 336 g/mol. The van der Waals surface area contributed by atoms with Crippen molar-refractivity contribution in [2.75, 3.05) is 13.1 Å². The number of amides is 1. The van der Waals surface area contributed by atoms with Crippen molar-refractivity contribution in [3.05, 3.63) is 84.2 Å². The van der Waals surface area contributed by atoms with Crippen molar-refractivity contribution in [1.29, 1.82) is 0 Å². The number of pyridine rings is 1. The van der Waals surface area contributed by atoms with Crippen LogP contribution in [-0.4, -0.2) is 38.4 Å². The first-order valence-electron chi connectivity index (χ1n) is 9.51. The zero-order valence-corrected chi connectivity index (χ0v) is 15.4. The molecule has 0 aliphatic carbocycles. The molecule has 0 bridgehead atoms. The molecule has 138 valence electrons. The van der Waals surface area contributed by atoms with E-state index in [2.05, 4.69) is 14.5 Å². The molecule has 0 radical (unpaired) electrons. The van der Waals surface area contributed by atoms with Crippen LogP contribution in [0, 0.1) is 0 Å². The van der Waals surface area contributed by atoms with Gasteiger partial charge in [-0.05, 0) is 36.1 Å². The van der Waals surface area contributed by atoms with E-state index in [1.54, 1.807) is 0 Å².